The third kappa shape index (κ3) is 3.58. The first-order chi connectivity index (χ1) is 12.2. The molecule has 2 aliphatic rings. The second-order valence-electron chi connectivity index (χ2n) is 6.78. The van der Waals surface area contributed by atoms with E-state index in [0.717, 1.165) is 35.1 Å². The number of amides is 1. The Morgan fingerprint density at radius 2 is 2.32 bits per heavy atom. The average molecular weight is 396 g/mol. The molecule has 0 bridgehead atoms. The van der Waals surface area contributed by atoms with E-state index >= 15 is 0 Å². The SMILES string of the molecule is CCC(=O)N(c1nn(C[NH+]2CCC[C@H]2c2cccs2)c(=S)s1)C1CC1. The molecule has 1 aliphatic carbocycles. The minimum atomic E-state index is 0.156. The number of aromatic nitrogens is 2. The van der Waals surface area contributed by atoms with Crippen LogP contribution in [0.5, 0.6) is 0 Å². The van der Waals surface area contributed by atoms with Crippen LogP contribution in [0.1, 0.15) is 49.9 Å². The van der Waals surface area contributed by atoms with Crippen molar-refractivity contribution in [3.8, 4) is 0 Å². The molecule has 3 heterocycles. The first-order valence-electron chi connectivity index (χ1n) is 8.95. The summed E-state index contributed by atoms with van der Waals surface area (Å²) in [6, 6.07) is 5.25. The largest absolute Gasteiger partial charge is 0.309 e. The Morgan fingerprint density at radius 3 is 3.00 bits per heavy atom. The zero-order chi connectivity index (χ0) is 17.4. The predicted octanol–water partition coefficient (Wildman–Crippen LogP) is 3.02. The molecule has 25 heavy (non-hydrogen) atoms. The highest BCUT2D eigenvalue weighted by molar-refractivity contribution is 7.73. The van der Waals surface area contributed by atoms with Gasteiger partial charge in [0.2, 0.25) is 11.0 Å². The summed E-state index contributed by atoms with van der Waals surface area (Å²) in [5, 5.41) is 7.68. The molecule has 0 spiro atoms. The molecule has 1 saturated heterocycles. The first kappa shape index (κ1) is 17.3. The summed E-state index contributed by atoms with van der Waals surface area (Å²) < 4.78 is 2.71. The highest BCUT2D eigenvalue weighted by atomic mass is 32.1. The van der Waals surface area contributed by atoms with Crippen molar-refractivity contribution in [1.29, 1.82) is 0 Å². The quantitative estimate of drug-likeness (QED) is 0.765. The summed E-state index contributed by atoms with van der Waals surface area (Å²) >= 11 is 8.88. The van der Waals surface area contributed by atoms with E-state index in [1.807, 2.05) is 27.8 Å². The van der Waals surface area contributed by atoms with E-state index in [9.17, 15) is 4.79 Å². The summed E-state index contributed by atoms with van der Waals surface area (Å²) in [6.45, 7) is 3.85. The molecular formula is C17H23N4OS3+. The van der Waals surface area contributed by atoms with Gasteiger partial charge in [-0.1, -0.05) is 24.3 Å². The van der Waals surface area contributed by atoms with Gasteiger partial charge in [-0.15, -0.1) is 16.4 Å². The van der Waals surface area contributed by atoms with Crippen molar-refractivity contribution in [2.24, 2.45) is 0 Å². The Kier molecular flexibility index (Phi) is 5.04. The van der Waals surface area contributed by atoms with Crippen LogP contribution in [-0.2, 0) is 11.5 Å². The monoisotopic (exact) mass is 395 g/mol. The van der Waals surface area contributed by atoms with Gasteiger partial charge in [-0.2, -0.15) is 4.68 Å². The van der Waals surface area contributed by atoms with E-state index in [1.165, 1.54) is 34.0 Å². The maximum Gasteiger partial charge on any atom is 0.228 e. The topological polar surface area (TPSA) is 42.6 Å². The number of anilines is 1. The highest BCUT2D eigenvalue weighted by Crippen LogP contribution is 2.33. The lowest BCUT2D eigenvalue weighted by atomic mass is 10.2. The number of carbonyl (C=O) groups excluding carboxylic acids is 1. The van der Waals surface area contributed by atoms with E-state index in [1.54, 1.807) is 0 Å². The average Bonchev–Trinajstić information content (AvgIpc) is 3.01. The number of nitrogens with zero attached hydrogens (tertiary/aromatic N) is 3. The highest BCUT2D eigenvalue weighted by Gasteiger charge is 2.36. The number of hydrogen-bond donors (Lipinski definition) is 1. The fourth-order valence-electron chi connectivity index (χ4n) is 3.59. The van der Waals surface area contributed by atoms with Crippen LogP contribution in [0.4, 0.5) is 5.13 Å². The molecule has 2 fully saturated rings. The molecular weight excluding hydrogens is 372 g/mol. The lowest BCUT2D eigenvalue weighted by molar-refractivity contribution is -0.941. The predicted molar refractivity (Wildman–Crippen MR) is 104 cm³/mol. The zero-order valence-electron chi connectivity index (χ0n) is 14.3. The van der Waals surface area contributed by atoms with E-state index in [0.29, 0.717) is 18.5 Å². The minimum Gasteiger partial charge on any atom is -0.309 e. The van der Waals surface area contributed by atoms with Crippen molar-refractivity contribution in [2.75, 3.05) is 11.4 Å². The second kappa shape index (κ2) is 7.26. The number of carbonyl (C=O) groups is 1. The van der Waals surface area contributed by atoms with Gasteiger partial charge in [-0.05, 0) is 36.5 Å². The van der Waals surface area contributed by atoms with Gasteiger partial charge in [0.25, 0.3) is 0 Å². The van der Waals surface area contributed by atoms with Gasteiger partial charge >= 0.3 is 0 Å². The van der Waals surface area contributed by atoms with Crippen LogP contribution in [0.3, 0.4) is 0 Å². The van der Waals surface area contributed by atoms with Crippen LogP contribution in [-0.4, -0.2) is 28.3 Å². The Morgan fingerprint density at radius 1 is 1.48 bits per heavy atom. The van der Waals surface area contributed by atoms with Gasteiger partial charge in [0.15, 0.2) is 10.6 Å². The van der Waals surface area contributed by atoms with Gasteiger partial charge in [0.1, 0.15) is 6.04 Å². The van der Waals surface area contributed by atoms with Crippen LogP contribution < -0.4 is 9.80 Å². The molecule has 134 valence electrons. The van der Waals surface area contributed by atoms with Gasteiger partial charge in [0, 0.05) is 25.3 Å². The lowest BCUT2D eigenvalue weighted by Crippen LogP contribution is -3.09. The maximum absolute atomic E-state index is 12.3. The van der Waals surface area contributed by atoms with Gasteiger partial charge in [-0.25, -0.2) is 0 Å². The molecule has 4 rings (SSSR count). The number of hydrogen-bond acceptors (Lipinski definition) is 5. The molecule has 1 amide bonds. The number of quaternary nitrogens is 1. The number of nitrogens with one attached hydrogen (secondary N) is 1. The Bertz CT molecular complexity index is 793. The number of thiophene rings is 1. The molecule has 2 aromatic heterocycles. The van der Waals surface area contributed by atoms with Crippen LogP contribution in [0, 0.1) is 3.95 Å². The summed E-state index contributed by atoms with van der Waals surface area (Å²) in [5.41, 5.74) is 0. The number of rotatable bonds is 6. The van der Waals surface area contributed by atoms with Crippen LogP contribution in [0.25, 0.3) is 0 Å². The van der Waals surface area contributed by atoms with Crippen molar-refractivity contribution >= 4 is 45.9 Å². The molecule has 1 aliphatic heterocycles. The third-order valence-corrected chi connectivity index (χ3v) is 7.30. The van der Waals surface area contributed by atoms with Gasteiger partial charge in [-0.3, -0.25) is 9.69 Å². The van der Waals surface area contributed by atoms with Crippen molar-refractivity contribution in [2.45, 2.75) is 57.8 Å². The number of likely N-dealkylation sites (tertiary alicyclic amines) is 1. The Hall–Kier alpha value is -1.09. The molecule has 1 unspecified atom stereocenters. The zero-order valence-corrected chi connectivity index (χ0v) is 16.8. The summed E-state index contributed by atoms with van der Waals surface area (Å²) in [6.07, 6.45) is 5.14. The maximum atomic E-state index is 12.3. The molecule has 1 N–H and O–H groups in total. The minimum absolute atomic E-state index is 0.156. The molecule has 0 aromatic carbocycles. The fourth-order valence-corrected chi connectivity index (χ4v) is 5.69. The summed E-state index contributed by atoms with van der Waals surface area (Å²) in [7, 11) is 0. The fraction of sp³-hybridized carbons (Fsp3) is 0.588. The van der Waals surface area contributed by atoms with Gasteiger partial charge in [0.05, 0.1) is 11.4 Å². The normalized spacial score (nSPS) is 23.1. The second-order valence-corrected chi connectivity index (χ2v) is 9.36. The van der Waals surface area contributed by atoms with Crippen LogP contribution in [0.15, 0.2) is 17.5 Å². The van der Waals surface area contributed by atoms with E-state index in [4.69, 9.17) is 17.3 Å². The van der Waals surface area contributed by atoms with E-state index in [2.05, 4.69) is 17.5 Å². The van der Waals surface area contributed by atoms with Crippen molar-refractivity contribution in [3.05, 3.63) is 26.3 Å². The van der Waals surface area contributed by atoms with Gasteiger partial charge < -0.3 is 4.90 Å². The smallest absolute Gasteiger partial charge is 0.228 e. The van der Waals surface area contributed by atoms with Crippen LogP contribution in [0.2, 0.25) is 0 Å². The summed E-state index contributed by atoms with van der Waals surface area (Å²) in [5.74, 6) is 0.156. The van der Waals surface area contributed by atoms with E-state index < -0.39 is 0 Å². The van der Waals surface area contributed by atoms with E-state index in [-0.39, 0.29) is 5.91 Å². The lowest BCUT2D eigenvalue weighted by Gasteiger charge is -2.20. The van der Waals surface area contributed by atoms with Crippen molar-refractivity contribution < 1.29 is 9.69 Å². The molecule has 2 aromatic rings. The van der Waals surface area contributed by atoms with Crippen LogP contribution >= 0.6 is 34.9 Å². The first-order valence-corrected chi connectivity index (χ1v) is 11.1. The Labute approximate surface area is 160 Å². The van der Waals surface area contributed by atoms with Crippen molar-refractivity contribution in [1.82, 2.24) is 9.78 Å². The summed E-state index contributed by atoms with van der Waals surface area (Å²) in [4.78, 5) is 17.2. The molecule has 2 atom stereocenters. The Balaban J connectivity index is 1.54. The van der Waals surface area contributed by atoms with Crippen molar-refractivity contribution in [3.63, 3.8) is 0 Å². The third-order valence-electron chi connectivity index (χ3n) is 5.01. The molecule has 8 heteroatoms. The molecule has 1 saturated carbocycles. The molecule has 0 radical (unpaired) electrons. The standard InChI is InChI=1S/C17H22N4OS3/c1-2-15(22)21(12-7-8-12)16-18-20(17(23)25-16)11-19-9-3-5-13(19)14-6-4-10-24-14/h4,6,10,12-13H,2-3,5,7-9,11H2,1H3/p+1/t13-/m0/s1. The molecule has 5 nitrogen and oxygen atoms in total.